The van der Waals surface area contributed by atoms with E-state index in [-0.39, 0.29) is 11.3 Å². The molecule has 26 heavy (non-hydrogen) atoms. The summed E-state index contributed by atoms with van der Waals surface area (Å²) in [6, 6.07) is 5.82. The van der Waals surface area contributed by atoms with Crippen LogP contribution in [0, 0.1) is 11.3 Å². The van der Waals surface area contributed by atoms with E-state index in [1.807, 2.05) is 18.2 Å². The smallest absolute Gasteiger partial charge is 0.260 e. The Kier molecular flexibility index (Phi) is 4.73. The zero-order chi connectivity index (χ0) is 18.2. The van der Waals surface area contributed by atoms with Crippen LogP contribution in [0.5, 0.6) is 0 Å². The number of alkyl halides is 1. The average Bonchev–Trinajstić information content (AvgIpc) is 3.17. The predicted molar refractivity (Wildman–Crippen MR) is 96.2 cm³/mol. The Morgan fingerprint density at radius 3 is 2.88 bits per heavy atom. The van der Waals surface area contributed by atoms with Crippen molar-refractivity contribution in [3.63, 3.8) is 0 Å². The Balaban J connectivity index is 1.37. The second-order valence-electron chi connectivity index (χ2n) is 8.39. The van der Waals surface area contributed by atoms with E-state index in [0.717, 1.165) is 31.6 Å². The van der Waals surface area contributed by atoms with Gasteiger partial charge in [0.1, 0.15) is 0 Å². The van der Waals surface area contributed by atoms with Gasteiger partial charge in [-0.25, -0.2) is 4.39 Å². The molecule has 1 spiro atoms. The first kappa shape index (κ1) is 17.9. The van der Waals surface area contributed by atoms with Crippen LogP contribution in [0.25, 0.3) is 0 Å². The van der Waals surface area contributed by atoms with Crippen LogP contribution in [0.2, 0.25) is 0 Å². The molecular formula is C20H28FN3O2. The van der Waals surface area contributed by atoms with Crippen LogP contribution >= 0.6 is 0 Å². The summed E-state index contributed by atoms with van der Waals surface area (Å²) in [4.78, 5) is 21.0. The Hall–Kier alpha value is -1.53. The quantitative estimate of drug-likeness (QED) is 0.807. The number of carbonyl (C=O) groups excluding carboxylic acids is 1. The highest BCUT2D eigenvalue weighted by Gasteiger charge is 2.54. The van der Waals surface area contributed by atoms with Gasteiger partial charge < -0.3 is 14.5 Å². The lowest BCUT2D eigenvalue weighted by Crippen LogP contribution is -2.50. The van der Waals surface area contributed by atoms with Crippen molar-refractivity contribution in [3.8, 4) is 0 Å². The molecule has 2 saturated heterocycles. The van der Waals surface area contributed by atoms with Gasteiger partial charge in [-0.1, -0.05) is 6.07 Å². The fraction of sp³-hybridized carbons (Fsp3) is 0.700. The molecular weight excluding hydrogens is 333 g/mol. The van der Waals surface area contributed by atoms with Gasteiger partial charge in [-0.15, -0.1) is 0 Å². The summed E-state index contributed by atoms with van der Waals surface area (Å²) in [5.41, 5.74) is -0.615. The molecule has 0 aromatic carbocycles. The summed E-state index contributed by atoms with van der Waals surface area (Å²) >= 11 is 0. The van der Waals surface area contributed by atoms with Gasteiger partial charge in [-0.05, 0) is 44.9 Å². The first-order valence-corrected chi connectivity index (χ1v) is 9.65. The number of hydrogen-bond donors (Lipinski definition) is 0. The first-order chi connectivity index (χ1) is 12.5. The maximum absolute atomic E-state index is 14.6. The molecule has 1 aromatic rings. The number of hydrogen-bond acceptors (Lipinski definition) is 4. The number of amides is 1. The van der Waals surface area contributed by atoms with Gasteiger partial charge >= 0.3 is 0 Å². The number of pyridine rings is 1. The van der Waals surface area contributed by atoms with Gasteiger partial charge in [-0.2, -0.15) is 0 Å². The summed E-state index contributed by atoms with van der Waals surface area (Å²) in [6.45, 7) is 4.42. The summed E-state index contributed by atoms with van der Waals surface area (Å²) in [6.07, 6.45) is 4.33. The normalized spacial score (nSPS) is 30.7. The second kappa shape index (κ2) is 6.89. The van der Waals surface area contributed by atoms with Gasteiger partial charge in [0.2, 0.25) is 0 Å². The van der Waals surface area contributed by atoms with Crippen molar-refractivity contribution >= 4 is 5.91 Å². The van der Waals surface area contributed by atoms with E-state index in [1.54, 1.807) is 11.1 Å². The summed E-state index contributed by atoms with van der Waals surface area (Å²) in [5.74, 6) is 0.0919. The van der Waals surface area contributed by atoms with Crippen molar-refractivity contribution < 1.29 is 13.9 Å². The van der Waals surface area contributed by atoms with E-state index in [1.165, 1.54) is 0 Å². The van der Waals surface area contributed by atoms with E-state index in [9.17, 15) is 9.18 Å². The third kappa shape index (κ3) is 3.25. The van der Waals surface area contributed by atoms with E-state index in [0.29, 0.717) is 45.1 Å². The topological polar surface area (TPSA) is 45.7 Å². The van der Waals surface area contributed by atoms with Gasteiger partial charge in [0.15, 0.2) is 5.67 Å². The number of aromatic nitrogens is 1. The fourth-order valence-corrected chi connectivity index (χ4v) is 4.84. The minimum atomic E-state index is -1.58. The molecule has 1 aromatic heterocycles. The number of carbonyl (C=O) groups is 1. The van der Waals surface area contributed by atoms with Crippen molar-refractivity contribution in [1.82, 2.24) is 14.8 Å². The molecule has 3 aliphatic rings. The maximum atomic E-state index is 14.6. The number of rotatable bonds is 5. The predicted octanol–water partition coefficient (Wildman–Crippen LogP) is 2.27. The molecule has 0 radical (unpaired) electrons. The third-order valence-electron chi connectivity index (χ3n) is 6.48. The molecule has 1 saturated carbocycles. The van der Waals surface area contributed by atoms with Crippen molar-refractivity contribution in [3.05, 3.63) is 30.1 Å². The van der Waals surface area contributed by atoms with Crippen LogP contribution in [0.15, 0.2) is 24.4 Å². The minimum Gasteiger partial charge on any atom is -0.375 e. The molecule has 3 heterocycles. The highest BCUT2D eigenvalue weighted by molar-refractivity contribution is 5.86. The van der Waals surface area contributed by atoms with Crippen molar-refractivity contribution in [1.29, 1.82) is 0 Å². The number of ether oxygens (including phenoxy) is 1. The SMILES string of the molecule is CN1C[C@@H](COCc2ccccn2)[C@]2(CCN(C(=O)C3(F)CCC3)C2)C1. The van der Waals surface area contributed by atoms with E-state index >= 15 is 0 Å². The van der Waals surface area contributed by atoms with Gasteiger partial charge in [-0.3, -0.25) is 9.78 Å². The molecule has 2 atom stereocenters. The Labute approximate surface area is 154 Å². The van der Waals surface area contributed by atoms with Gasteiger partial charge in [0.05, 0.1) is 18.9 Å². The summed E-state index contributed by atoms with van der Waals surface area (Å²) in [7, 11) is 2.12. The van der Waals surface area contributed by atoms with Crippen LogP contribution in [0.4, 0.5) is 4.39 Å². The molecule has 0 bridgehead atoms. The Morgan fingerprint density at radius 2 is 2.19 bits per heavy atom. The zero-order valence-electron chi connectivity index (χ0n) is 15.5. The standard InChI is InChI=1S/C20H28FN3O2/c1-23-11-16(12-26-13-17-5-2-3-9-22-17)19(14-23)8-10-24(15-19)18(25)20(21)6-4-7-20/h2-3,5,9,16H,4,6-8,10-15H2,1H3/t16-,19+/m0/s1. The Morgan fingerprint density at radius 1 is 1.35 bits per heavy atom. The lowest BCUT2D eigenvalue weighted by molar-refractivity contribution is -0.149. The van der Waals surface area contributed by atoms with E-state index in [4.69, 9.17) is 4.74 Å². The van der Waals surface area contributed by atoms with Crippen molar-refractivity contribution in [2.45, 2.75) is 38.0 Å². The van der Waals surface area contributed by atoms with E-state index < -0.39 is 5.67 Å². The molecule has 5 nitrogen and oxygen atoms in total. The first-order valence-electron chi connectivity index (χ1n) is 9.65. The van der Waals surface area contributed by atoms with E-state index in [2.05, 4.69) is 16.9 Å². The monoisotopic (exact) mass is 361 g/mol. The van der Waals surface area contributed by atoms with Crippen LogP contribution < -0.4 is 0 Å². The fourth-order valence-electron chi connectivity index (χ4n) is 4.84. The molecule has 1 amide bonds. The highest BCUT2D eigenvalue weighted by atomic mass is 19.1. The molecule has 0 unspecified atom stereocenters. The molecule has 2 aliphatic heterocycles. The maximum Gasteiger partial charge on any atom is 0.260 e. The Bertz CT molecular complexity index is 652. The molecule has 0 N–H and O–H groups in total. The van der Waals surface area contributed by atoms with Crippen LogP contribution in [0.1, 0.15) is 31.4 Å². The molecule has 4 rings (SSSR count). The van der Waals surface area contributed by atoms with Crippen molar-refractivity contribution in [2.75, 3.05) is 39.8 Å². The minimum absolute atomic E-state index is 0.0363. The van der Waals surface area contributed by atoms with Gasteiger partial charge in [0.25, 0.3) is 5.91 Å². The van der Waals surface area contributed by atoms with Crippen molar-refractivity contribution in [2.24, 2.45) is 11.3 Å². The van der Waals surface area contributed by atoms with Gasteiger partial charge in [0, 0.05) is 43.7 Å². The van der Waals surface area contributed by atoms with Crippen LogP contribution in [-0.4, -0.2) is 66.2 Å². The summed E-state index contributed by atoms with van der Waals surface area (Å²) in [5, 5.41) is 0. The lowest BCUT2D eigenvalue weighted by Gasteiger charge is -2.37. The molecule has 142 valence electrons. The highest BCUT2D eigenvalue weighted by Crippen LogP contribution is 2.46. The number of likely N-dealkylation sites (tertiary alicyclic amines) is 2. The zero-order valence-corrected chi connectivity index (χ0v) is 15.5. The molecule has 3 fully saturated rings. The molecule has 1 aliphatic carbocycles. The second-order valence-corrected chi connectivity index (χ2v) is 8.39. The average molecular weight is 361 g/mol. The number of nitrogens with zero attached hydrogens (tertiary/aromatic N) is 3. The molecule has 6 heteroatoms. The number of halogens is 1. The largest absolute Gasteiger partial charge is 0.375 e. The van der Waals surface area contributed by atoms with Crippen LogP contribution in [-0.2, 0) is 16.1 Å². The third-order valence-corrected chi connectivity index (χ3v) is 6.48. The summed E-state index contributed by atoms with van der Waals surface area (Å²) < 4.78 is 20.5. The van der Waals surface area contributed by atoms with Crippen LogP contribution in [0.3, 0.4) is 0 Å². The lowest BCUT2D eigenvalue weighted by atomic mass is 9.77.